The molecule has 0 saturated carbocycles. The fraction of sp³-hybridized carbons (Fsp3) is 0.250. The molecule has 1 aromatic carbocycles. The average molecular weight is 316 g/mol. The van der Waals surface area contributed by atoms with Crippen LogP contribution in [0.5, 0.6) is 0 Å². The SMILES string of the molecule is Cn1ccc(C(N)Cc2c(F)ccc(Br)c2F)n1. The Hall–Kier alpha value is -1.27. The van der Waals surface area contributed by atoms with Crippen molar-refractivity contribution in [3.05, 3.63) is 51.8 Å². The zero-order valence-electron chi connectivity index (χ0n) is 9.70. The van der Waals surface area contributed by atoms with Crippen molar-refractivity contribution in [1.29, 1.82) is 0 Å². The molecule has 0 radical (unpaired) electrons. The number of aryl methyl sites for hydroxylation is 1. The lowest BCUT2D eigenvalue weighted by molar-refractivity contribution is 0.532. The van der Waals surface area contributed by atoms with Gasteiger partial charge in [-0.05, 0) is 40.5 Å². The van der Waals surface area contributed by atoms with Crippen LogP contribution in [0, 0.1) is 11.6 Å². The number of rotatable bonds is 3. The molecule has 0 bridgehead atoms. The maximum Gasteiger partial charge on any atom is 0.143 e. The van der Waals surface area contributed by atoms with E-state index in [-0.39, 0.29) is 16.5 Å². The molecule has 1 aromatic heterocycles. The van der Waals surface area contributed by atoms with E-state index in [2.05, 4.69) is 21.0 Å². The first-order valence-corrected chi connectivity index (χ1v) is 6.16. The third kappa shape index (κ3) is 2.59. The molecule has 0 aliphatic rings. The van der Waals surface area contributed by atoms with Crippen molar-refractivity contribution in [3.63, 3.8) is 0 Å². The van der Waals surface area contributed by atoms with Crippen LogP contribution in [-0.4, -0.2) is 9.78 Å². The Labute approximate surface area is 112 Å². The predicted octanol–water partition coefficient (Wildman–Crippen LogP) is 2.70. The fourth-order valence-electron chi connectivity index (χ4n) is 1.71. The van der Waals surface area contributed by atoms with Crippen LogP contribution in [0.1, 0.15) is 17.3 Å². The second kappa shape index (κ2) is 5.16. The molecule has 0 aliphatic heterocycles. The van der Waals surface area contributed by atoms with Gasteiger partial charge in [-0.2, -0.15) is 5.10 Å². The molecule has 3 nitrogen and oxygen atoms in total. The minimum Gasteiger partial charge on any atom is -0.322 e. The molecular formula is C12H12BrF2N3. The highest BCUT2D eigenvalue weighted by Gasteiger charge is 2.17. The van der Waals surface area contributed by atoms with Crippen LogP contribution in [0.15, 0.2) is 28.9 Å². The first kappa shape index (κ1) is 13.2. The van der Waals surface area contributed by atoms with E-state index in [1.165, 1.54) is 12.1 Å². The predicted molar refractivity (Wildman–Crippen MR) is 67.9 cm³/mol. The highest BCUT2D eigenvalue weighted by Crippen LogP contribution is 2.25. The number of halogens is 3. The molecule has 2 rings (SSSR count). The quantitative estimate of drug-likeness (QED) is 0.885. The monoisotopic (exact) mass is 315 g/mol. The van der Waals surface area contributed by atoms with Crippen LogP contribution in [-0.2, 0) is 13.5 Å². The third-order valence-corrected chi connectivity index (χ3v) is 3.29. The average Bonchev–Trinajstić information content (AvgIpc) is 2.76. The van der Waals surface area contributed by atoms with Crippen LogP contribution in [0.3, 0.4) is 0 Å². The fourth-order valence-corrected chi connectivity index (χ4v) is 2.08. The Kier molecular flexibility index (Phi) is 3.77. The topological polar surface area (TPSA) is 43.8 Å². The first-order valence-electron chi connectivity index (χ1n) is 5.36. The van der Waals surface area contributed by atoms with E-state index in [0.717, 1.165) is 0 Å². The van der Waals surface area contributed by atoms with E-state index in [0.29, 0.717) is 5.69 Å². The van der Waals surface area contributed by atoms with Gasteiger partial charge in [-0.3, -0.25) is 4.68 Å². The summed E-state index contributed by atoms with van der Waals surface area (Å²) in [6.45, 7) is 0. The normalized spacial score (nSPS) is 12.7. The lowest BCUT2D eigenvalue weighted by Crippen LogP contribution is -2.16. The van der Waals surface area contributed by atoms with Gasteiger partial charge >= 0.3 is 0 Å². The van der Waals surface area contributed by atoms with E-state index in [4.69, 9.17) is 5.73 Å². The van der Waals surface area contributed by atoms with Gasteiger partial charge in [0.1, 0.15) is 11.6 Å². The number of benzene rings is 1. The number of nitrogens with zero attached hydrogens (tertiary/aromatic N) is 2. The molecule has 2 N–H and O–H groups in total. The number of hydrogen-bond donors (Lipinski definition) is 1. The van der Waals surface area contributed by atoms with Crippen molar-refractivity contribution < 1.29 is 8.78 Å². The minimum atomic E-state index is -0.610. The van der Waals surface area contributed by atoms with Gasteiger partial charge < -0.3 is 5.73 Å². The summed E-state index contributed by atoms with van der Waals surface area (Å²) >= 11 is 3.03. The van der Waals surface area contributed by atoms with Crippen LogP contribution in [0.25, 0.3) is 0 Å². The molecule has 1 heterocycles. The Morgan fingerprint density at radius 3 is 2.72 bits per heavy atom. The van der Waals surface area contributed by atoms with Crippen molar-refractivity contribution in [2.45, 2.75) is 12.5 Å². The molecule has 1 unspecified atom stereocenters. The van der Waals surface area contributed by atoms with Gasteiger partial charge in [0.15, 0.2) is 0 Å². The highest BCUT2D eigenvalue weighted by atomic mass is 79.9. The maximum atomic E-state index is 13.8. The van der Waals surface area contributed by atoms with E-state index >= 15 is 0 Å². The van der Waals surface area contributed by atoms with Crippen LogP contribution in [0.2, 0.25) is 0 Å². The molecule has 1 atom stereocenters. The van der Waals surface area contributed by atoms with Gasteiger partial charge in [-0.15, -0.1) is 0 Å². The Bertz CT molecular complexity index is 568. The van der Waals surface area contributed by atoms with Crippen molar-refractivity contribution in [2.75, 3.05) is 0 Å². The van der Waals surface area contributed by atoms with Crippen LogP contribution in [0.4, 0.5) is 8.78 Å². The van der Waals surface area contributed by atoms with Crippen molar-refractivity contribution in [3.8, 4) is 0 Å². The number of nitrogens with two attached hydrogens (primary N) is 1. The zero-order chi connectivity index (χ0) is 13.3. The third-order valence-electron chi connectivity index (χ3n) is 2.68. The highest BCUT2D eigenvalue weighted by molar-refractivity contribution is 9.10. The molecule has 18 heavy (non-hydrogen) atoms. The van der Waals surface area contributed by atoms with E-state index in [1.807, 2.05) is 0 Å². The second-order valence-corrected chi connectivity index (χ2v) is 4.90. The number of aromatic nitrogens is 2. The minimum absolute atomic E-state index is 0.0254. The van der Waals surface area contributed by atoms with Gasteiger partial charge in [0.05, 0.1) is 16.2 Å². The molecule has 0 saturated heterocycles. The first-order chi connectivity index (χ1) is 8.49. The molecule has 96 valence electrons. The van der Waals surface area contributed by atoms with Gasteiger partial charge in [0, 0.05) is 18.8 Å². The van der Waals surface area contributed by atoms with E-state index < -0.39 is 17.7 Å². The standard InChI is InChI=1S/C12H12BrF2N3/c1-18-5-4-11(17-18)10(16)6-7-9(14)3-2-8(13)12(7)15/h2-5,10H,6,16H2,1H3. The summed E-state index contributed by atoms with van der Waals surface area (Å²) in [6, 6.07) is 3.75. The Balaban J connectivity index is 2.27. The lowest BCUT2D eigenvalue weighted by atomic mass is 10.0. The Morgan fingerprint density at radius 2 is 2.11 bits per heavy atom. The van der Waals surface area contributed by atoms with Crippen LogP contribution < -0.4 is 5.73 Å². The van der Waals surface area contributed by atoms with E-state index in [9.17, 15) is 8.78 Å². The maximum absolute atomic E-state index is 13.8. The van der Waals surface area contributed by atoms with Gasteiger partial charge in [0.2, 0.25) is 0 Å². The molecular weight excluding hydrogens is 304 g/mol. The molecule has 0 spiro atoms. The van der Waals surface area contributed by atoms with Gasteiger partial charge in [-0.25, -0.2) is 8.78 Å². The summed E-state index contributed by atoms with van der Waals surface area (Å²) in [5.41, 5.74) is 6.49. The molecule has 6 heteroatoms. The summed E-state index contributed by atoms with van der Waals surface area (Å²) in [7, 11) is 1.76. The number of hydrogen-bond acceptors (Lipinski definition) is 2. The molecule has 2 aromatic rings. The largest absolute Gasteiger partial charge is 0.322 e. The molecule has 0 amide bonds. The molecule has 0 fully saturated rings. The van der Waals surface area contributed by atoms with Crippen molar-refractivity contribution >= 4 is 15.9 Å². The van der Waals surface area contributed by atoms with Crippen LogP contribution >= 0.6 is 15.9 Å². The summed E-state index contributed by atoms with van der Waals surface area (Å²) in [6.07, 6.45) is 1.80. The second-order valence-electron chi connectivity index (χ2n) is 4.05. The summed E-state index contributed by atoms with van der Waals surface area (Å²) in [4.78, 5) is 0. The molecule has 0 aliphatic carbocycles. The van der Waals surface area contributed by atoms with Gasteiger partial charge in [-0.1, -0.05) is 0 Å². The van der Waals surface area contributed by atoms with Crippen molar-refractivity contribution in [2.24, 2.45) is 12.8 Å². The smallest absolute Gasteiger partial charge is 0.143 e. The summed E-state index contributed by atoms with van der Waals surface area (Å²) in [5, 5.41) is 4.12. The summed E-state index contributed by atoms with van der Waals surface area (Å²) in [5.74, 6) is -1.21. The summed E-state index contributed by atoms with van der Waals surface area (Å²) < 4.78 is 29.2. The van der Waals surface area contributed by atoms with Crippen molar-refractivity contribution in [1.82, 2.24) is 9.78 Å². The van der Waals surface area contributed by atoms with E-state index in [1.54, 1.807) is 24.0 Å². The Morgan fingerprint density at radius 1 is 1.39 bits per heavy atom. The van der Waals surface area contributed by atoms with Gasteiger partial charge in [0.25, 0.3) is 0 Å². The lowest BCUT2D eigenvalue weighted by Gasteiger charge is -2.11. The zero-order valence-corrected chi connectivity index (χ0v) is 11.3.